The summed E-state index contributed by atoms with van der Waals surface area (Å²) in [7, 11) is 1.44. The Morgan fingerprint density at radius 2 is 2.04 bits per heavy atom. The lowest BCUT2D eigenvalue weighted by atomic mass is 9.98. The van der Waals surface area contributed by atoms with Crippen molar-refractivity contribution in [2.24, 2.45) is 13.0 Å². The van der Waals surface area contributed by atoms with Crippen molar-refractivity contribution in [2.75, 3.05) is 6.61 Å². The van der Waals surface area contributed by atoms with E-state index >= 15 is 0 Å². The Hall–Kier alpha value is -3.21. The summed E-state index contributed by atoms with van der Waals surface area (Å²) < 4.78 is 6.10. The highest BCUT2D eigenvalue weighted by Gasteiger charge is 2.43. The van der Waals surface area contributed by atoms with Gasteiger partial charge in [0, 0.05) is 12.4 Å². The van der Waals surface area contributed by atoms with Crippen LogP contribution in [-0.2, 0) is 16.6 Å². The van der Waals surface area contributed by atoms with Crippen molar-refractivity contribution in [1.29, 1.82) is 5.26 Å². The fourth-order valence-electron chi connectivity index (χ4n) is 2.86. The SMILES string of the molecule is Cn1nc(C(=O)OCC(=O)N[C@](C)(C#N)C2CC2)c2ccccc2c1=O. The molecule has 0 aliphatic heterocycles. The summed E-state index contributed by atoms with van der Waals surface area (Å²) >= 11 is 0. The molecule has 26 heavy (non-hydrogen) atoms. The largest absolute Gasteiger partial charge is 0.451 e. The van der Waals surface area contributed by atoms with Crippen LogP contribution in [0.25, 0.3) is 10.8 Å². The van der Waals surface area contributed by atoms with Gasteiger partial charge in [0.15, 0.2) is 12.3 Å². The fraction of sp³-hybridized carbons (Fsp3) is 0.389. The lowest BCUT2D eigenvalue weighted by Gasteiger charge is -2.22. The van der Waals surface area contributed by atoms with Gasteiger partial charge in [-0.15, -0.1) is 0 Å². The highest BCUT2D eigenvalue weighted by Crippen LogP contribution is 2.39. The first-order valence-corrected chi connectivity index (χ1v) is 8.21. The van der Waals surface area contributed by atoms with E-state index in [-0.39, 0.29) is 17.2 Å². The minimum Gasteiger partial charge on any atom is -0.451 e. The zero-order chi connectivity index (χ0) is 18.9. The van der Waals surface area contributed by atoms with Gasteiger partial charge in [-0.05, 0) is 31.7 Å². The molecule has 0 saturated heterocycles. The minimum atomic E-state index is -0.953. The van der Waals surface area contributed by atoms with Gasteiger partial charge in [-0.1, -0.05) is 18.2 Å². The van der Waals surface area contributed by atoms with Crippen LogP contribution in [0.15, 0.2) is 29.1 Å². The van der Waals surface area contributed by atoms with Gasteiger partial charge in [0.25, 0.3) is 11.5 Å². The van der Waals surface area contributed by atoms with Gasteiger partial charge in [-0.2, -0.15) is 10.4 Å². The lowest BCUT2D eigenvalue weighted by molar-refractivity contribution is -0.125. The quantitative estimate of drug-likeness (QED) is 0.798. The Balaban J connectivity index is 1.74. The van der Waals surface area contributed by atoms with E-state index in [2.05, 4.69) is 16.5 Å². The van der Waals surface area contributed by atoms with Crippen LogP contribution in [0.4, 0.5) is 0 Å². The molecule has 1 aromatic heterocycles. The smallest absolute Gasteiger partial charge is 0.359 e. The van der Waals surface area contributed by atoms with Crippen molar-refractivity contribution < 1.29 is 14.3 Å². The van der Waals surface area contributed by atoms with Crippen molar-refractivity contribution in [3.05, 3.63) is 40.3 Å². The average Bonchev–Trinajstić information content (AvgIpc) is 3.48. The Labute approximate surface area is 149 Å². The van der Waals surface area contributed by atoms with E-state index in [4.69, 9.17) is 4.74 Å². The molecule has 0 bridgehead atoms. The van der Waals surface area contributed by atoms with Crippen LogP contribution in [0.3, 0.4) is 0 Å². The third-order valence-electron chi connectivity index (χ3n) is 4.51. The molecule has 1 atom stereocenters. The van der Waals surface area contributed by atoms with Crippen molar-refractivity contribution in [3.8, 4) is 6.07 Å². The van der Waals surface area contributed by atoms with Crippen molar-refractivity contribution in [2.45, 2.75) is 25.3 Å². The molecule has 1 heterocycles. The maximum atomic E-state index is 12.4. The molecule has 1 fully saturated rings. The van der Waals surface area contributed by atoms with Crippen LogP contribution < -0.4 is 10.9 Å². The Morgan fingerprint density at radius 3 is 2.65 bits per heavy atom. The molecule has 1 aliphatic carbocycles. The van der Waals surface area contributed by atoms with Crippen LogP contribution in [0, 0.1) is 17.2 Å². The number of ether oxygens (including phenoxy) is 1. The number of carbonyl (C=O) groups is 2. The molecular weight excluding hydrogens is 336 g/mol. The molecule has 8 nitrogen and oxygen atoms in total. The number of carbonyl (C=O) groups excluding carboxylic acids is 2. The third-order valence-corrected chi connectivity index (χ3v) is 4.51. The Kier molecular flexibility index (Phi) is 4.47. The molecule has 0 unspecified atom stereocenters. The van der Waals surface area contributed by atoms with E-state index in [0.717, 1.165) is 17.5 Å². The van der Waals surface area contributed by atoms with Crippen molar-refractivity contribution in [1.82, 2.24) is 15.1 Å². The number of nitrogens with zero attached hydrogens (tertiary/aromatic N) is 3. The van der Waals surface area contributed by atoms with Crippen LogP contribution in [0.2, 0.25) is 0 Å². The van der Waals surface area contributed by atoms with E-state index in [1.54, 1.807) is 31.2 Å². The molecule has 1 amide bonds. The summed E-state index contributed by atoms with van der Waals surface area (Å²) in [6.45, 7) is 1.13. The summed E-state index contributed by atoms with van der Waals surface area (Å²) in [5.74, 6) is -1.23. The second-order valence-electron chi connectivity index (χ2n) is 6.54. The third kappa shape index (κ3) is 3.28. The first-order valence-electron chi connectivity index (χ1n) is 8.21. The predicted molar refractivity (Wildman–Crippen MR) is 92.2 cm³/mol. The van der Waals surface area contributed by atoms with E-state index in [9.17, 15) is 19.6 Å². The van der Waals surface area contributed by atoms with Crippen LogP contribution >= 0.6 is 0 Å². The summed E-state index contributed by atoms with van der Waals surface area (Å²) in [5.41, 5.74) is -1.32. The number of rotatable bonds is 5. The Morgan fingerprint density at radius 1 is 1.38 bits per heavy atom. The average molecular weight is 354 g/mol. The van der Waals surface area contributed by atoms with E-state index in [1.807, 2.05) is 0 Å². The first kappa shape index (κ1) is 17.6. The topological polar surface area (TPSA) is 114 Å². The summed E-state index contributed by atoms with van der Waals surface area (Å²) in [4.78, 5) is 36.5. The highest BCUT2D eigenvalue weighted by atomic mass is 16.5. The molecule has 134 valence electrons. The molecule has 0 radical (unpaired) electrons. The highest BCUT2D eigenvalue weighted by molar-refractivity contribution is 6.02. The number of hydrogen-bond donors (Lipinski definition) is 1. The number of nitrogens with one attached hydrogen (secondary N) is 1. The summed E-state index contributed by atoms with van der Waals surface area (Å²) in [5, 5.41) is 16.5. The lowest BCUT2D eigenvalue weighted by Crippen LogP contribution is -2.48. The number of esters is 1. The number of fused-ring (bicyclic) bond motifs is 1. The number of aromatic nitrogens is 2. The van der Waals surface area contributed by atoms with Crippen molar-refractivity contribution in [3.63, 3.8) is 0 Å². The van der Waals surface area contributed by atoms with Gasteiger partial charge >= 0.3 is 5.97 Å². The molecule has 1 N–H and O–H groups in total. The standard InChI is InChI=1S/C18H18N4O4/c1-18(10-19,11-7-8-11)20-14(23)9-26-17(25)15-12-5-3-4-6-13(12)16(24)22(2)21-15/h3-6,11H,7-9H2,1-2H3,(H,20,23)/t18-/m1/s1. The summed E-state index contributed by atoms with van der Waals surface area (Å²) in [6, 6.07) is 8.67. The number of nitriles is 1. The van der Waals surface area contributed by atoms with E-state index in [0.29, 0.717) is 10.8 Å². The second kappa shape index (κ2) is 6.59. The number of hydrogen-bond acceptors (Lipinski definition) is 6. The fourth-order valence-corrected chi connectivity index (χ4v) is 2.86. The Bertz CT molecular complexity index is 987. The predicted octanol–water partition coefficient (Wildman–Crippen LogP) is 0.899. The van der Waals surface area contributed by atoms with Gasteiger partial charge in [0.05, 0.1) is 11.5 Å². The normalized spacial score (nSPS) is 15.7. The molecule has 3 rings (SSSR count). The number of aryl methyl sites for hydroxylation is 1. The zero-order valence-corrected chi connectivity index (χ0v) is 14.5. The molecule has 1 aliphatic rings. The maximum Gasteiger partial charge on any atom is 0.359 e. The van der Waals surface area contributed by atoms with Gasteiger partial charge in [0.1, 0.15) is 5.54 Å². The van der Waals surface area contributed by atoms with Gasteiger partial charge in [0.2, 0.25) is 0 Å². The molecular formula is C18H18N4O4. The number of amides is 1. The van der Waals surface area contributed by atoms with Crippen LogP contribution in [0.5, 0.6) is 0 Å². The molecule has 8 heteroatoms. The van der Waals surface area contributed by atoms with E-state index in [1.165, 1.54) is 7.05 Å². The molecule has 0 spiro atoms. The van der Waals surface area contributed by atoms with Gasteiger partial charge in [-0.25, -0.2) is 9.48 Å². The molecule has 2 aromatic rings. The second-order valence-corrected chi connectivity index (χ2v) is 6.54. The minimum absolute atomic E-state index is 0.0410. The number of benzene rings is 1. The van der Waals surface area contributed by atoms with Crippen molar-refractivity contribution >= 4 is 22.6 Å². The zero-order valence-electron chi connectivity index (χ0n) is 14.5. The van der Waals surface area contributed by atoms with E-state index < -0.39 is 24.0 Å². The van der Waals surface area contributed by atoms with Gasteiger partial charge in [-0.3, -0.25) is 9.59 Å². The first-order chi connectivity index (χ1) is 12.4. The maximum absolute atomic E-state index is 12.4. The van der Waals surface area contributed by atoms with Gasteiger partial charge < -0.3 is 10.1 Å². The molecule has 1 saturated carbocycles. The molecule has 1 aromatic carbocycles. The monoisotopic (exact) mass is 354 g/mol. The van der Waals surface area contributed by atoms with Crippen LogP contribution in [0.1, 0.15) is 30.3 Å². The summed E-state index contributed by atoms with van der Waals surface area (Å²) in [6.07, 6.45) is 1.77. The van der Waals surface area contributed by atoms with Crippen LogP contribution in [-0.4, -0.2) is 33.8 Å².